The summed E-state index contributed by atoms with van der Waals surface area (Å²) in [4.78, 5) is 12.1. The van der Waals surface area contributed by atoms with Crippen molar-refractivity contribution in [3.05, 3.63) is 66.1 Å². The second kappa shape index (κ2) is 10.8. The summed E-state index contributed by atoms with van der Waals surface area (Å²) in [5, 5.41) is 2.22. The van der Waals surface area contributed by atoms with Crippen LogP contribution in [0.5, 0.6) is 5.75 Å². The van der Waals surface area contributed by atoms with Crippen molar-refractivity contribution in [1.29, 1.82) is 0 Å². The zero-order chi connectivity index (χ0) is 27.0. The Labute approximate surface area is 226 Å². The summed E-state index contributed by atoms with van der Waals surface area (Å²) in [6, 6.07) is 7.36. The highest BCUT2D eigenvalue weighted by Gasteiger charge is 2.33. The SMILES string of the molecule is O=S(=O)(CC1CCC(c2cc[nH]c3cnc4nccc4c23)CC1)N1CCCC(COc2ccc(F)cc2F)C1. The third-order valence-electron chi connectivity index (χ3n) is 8.30. The molecule has 1 saturated heterocycles. The van der Waals surface area contributed by atoms with Gasteiger partial charge >= 0.3 is 0 Å². The van der Waals surface area contributed by atoms with Crippen LogP contribution >= 0.6 is 0 Å². The summed E-state index contributed by atoms with van der Waals surface area (Å²) in [5.74, 6) is -0.805. The molecule has 2 fully saturated rings. The fourth-order valence-corrected chi connectivity index (χ4v) is 8.27. The first kappa shape index (κ1) is 26.1. The van der Waals surface area contributed by atoms with E-state index in [0.717, 1.165) is 72.6 Å². The van der Waals surface area contributed by atoms with Crippen molar-refractivity contribution in [3.8, 4) is 5.75 Å². The predicted molar refractivity (Wildman–Crippen MR) is 146 cm³/mol. The summed E-state index contributed by atoms with van der Waals surface area (Å²) in [6.45, 7) is 1.07. The molecule has 4 heterocycles. The highest BCUT2D eigenvalue weighted by atomic mass is 32.2. The number of halogens is 2. The van der Waals surface area contributed by atoms with Crippen molar-refractivity contribution >= 4 is 32.0 Å². The zero-order valence-electron chi connectivity index (χ0n) is 21.7. The number of fused-ring (bicyclic) bond motifs is 3. The Morgan fingerprint density at radius 2 is 1.87 bits per heavy atom. The number of nitrogens with one attached hydrogen (secondary N) is 1. The van der Waals surface area contributed by atoms with Crippen molar-refractivity contribution in [1.82, 2.24) is 19.3 Å². The number of ether oxygens (including phenoxy) is 1. The molecule has 0 amide bonds. The molecular formula is C29H32F2N4O3S. The maximum absolute atomic E-state index is 13.9. The molecule has 10 heteroatoms. The van der Waals surface area contributed by atoms with Crippen molar-refractivity contribution in [2.45, 2.75) is 44.4 Å². The van der Waals surface area contributed by atoms with Gasteiger partial charge in [0.05, 0.1) is 24.1 Å². The number of hydrogen-bond acceptors (Lipinski definition) is 5. The normalized spacial score (nSPS) is 22.9. The largest absolute Gasteiger partial charge is 0.490 e. The first-order valence-corrected chi connectivity index (χ1v) is 15.2. The number of aromatic nitrogens is 3. The fraction of sp³-hybridized carbons (Fsp3) is 0.448. The molecule has 206 valence electrons. The number of pyridine rings is 2. The van der Waals surface area contributed by atoms with Gasteiger partial charge in [0, 0.05) is 48.2 Å². The molecule has 1 saturated carbocycles. The molecular weight excluding hydrogens is 522 g/mol. The van der Waals surface area contributed by atoms with E-state index in [4.69, 9.17) is 4.74 Å². The van der Waals surface area contributed by atoms with Crippen LogP contribution < -0.4 is 4.74 Å². The minimum Gasteiger partial charge on any atom is -0.490 e. The fourth-order valence-electron chi connectivity index (χ4n) is 6.28. The molecule has 3 aromatic heterocycles. The van der Waals surface area contributed by atoms with Gasteiger partial charge in [0.2, 0.25) is 10.0 Å². The Kier molecular flexibility index (Phi) is 7.24. The van der Waals surface area contributed by atoms with E-state index in [0.29, 0.717) is 19.0 Å². The van der Waals surface area contributed by atoms with E-state index >= 15 is 0 Å². The van der Waals surface area contributed by atoms with Gasteiger partial charge in [-0.25, -0.2) is 31.5 Å². The minimum absolute atomic E-state index is 0.0103. The van der Waals surface area contributed by atoms with Gasteiger partial charge in [-0.05, 0) is 80.2 Å². The number of H-pyrrole nitrogens is 1. The maximum atomic E-state index is 13.9. The van der Waals surface area contributed by atoms with Gasteiger partial charge in [-0.2, -0.15) is 0 Å². The second-order valence-corrected chi connectivity index (χ2v) is 12.9. The monoisotopic (exact) mass is 554 g/mol. The van der Waals surface area contributed by atoms with Crippen molar-refractivity contribution in [2.75, 3.05) is 25.4 Å². The second-order valence-electron chi connectivity index (χ2n) is 10.9. The number of nitrogens with zero attached hydrogens (tertiary/aromatic N) is 3. The molecule has 1 aromatic carbocycles. The van der Waals surface area contributed by atoms with E-state index < -0.39 is 21.7 Å². The van der Waals surface area contributed by atoms with Crippen LogP contribution in [0, 0.1) is 23.5 Å². The van der Waals surface area contributed by atoms with Crippen LogP contribution in [0.25, 0.3) is 21.9 Å². The third-order valence-corrected chi connectivity index (χ3v) is 10.3. The Morgan fingerprint density at radius 3 is 2.69 bits per heavy atom. The number of piperidine rings is 1. The highest BCUT2D eigenvalue weighted by Crippen LogP contribution is 2.40. The number of aromatic amines is 1. The van der Waals surface area contributed by atoms with Crippen molar-refractivity contribution in [2.24, 2.45) is 11.8 Å². The lowest BCUT2D eigenvalue weighted by Gasteiger charge is -2.34. The number of benzene rings is 1. The topological polar surface area (TPSA) is 88.2 Å². The van der Waals surface area contributed by atoms with Gasteiger partial charge in [-0.15, -0.1) is 0 Å². The maximum Gasteiger partial charge on any atom is 0.214 e. The standard InChI is InChI=1S/C29H32F2N4O3S/c30-22-7-8-27(25(31)14-22)38-17-20-2-1-13-35(16-20)39(36,37)18-19-3-5-21(6-4-19)23-9-11-32-26-15-34-29-24(28(23)26)10-12-33-29/h7-12,14-15,19-21,32H,1-6,13,16-18H2. The minimum atomic E-state index is -3.42. The predicted octanol–water partition coefficient (Wildman–Crippen LogP) is 5.78. The average Bonchev–Trinajstić information content (AvgIpc) is 3.42. The lowest BCUT2D eigenvalue weighted by molar-refractivity contribution is 0.175. The molecule has 39 heavy (non-hydrogen) atoms. The van der Waals surface area contributed by atoms with Gasteiger partial charge in [0.15, 0.2) is 17.2 Å². The highest BCUT2D eigenvalue weighted by molar-refractivity contribution is 7.89. The molecule has 1 aliphatic heterocycles. The van der Waals surface area contributed by atoms with Crippen LogP contribution in [0.1, 0.15) is 50.0 Å². The van der Waals surface area contributed by atoms with Gasteiger partial charge in [0.1, 0.15) is 5.82 Å². The van der Waals surface area contributed by atoms with Crippen LogP contribution in [-0.4, -0.2) is 53.1 Å². The number of hydrogen-bond donors (Lipinski definition) is 1. The smallest absolute Gasteiger partial charge is 0.214 e. The van der Waals surface area contributed by atoms with Crippen molar-refractivity contribution in [3.63, 3.8) is 0 Å². The van der Waals surface area contributed by atoms with Crippen LogP contribution in [0.3, 0.4) is 0 Å². The zero-order valence-corrected chi connectivity index (χ0v) is 22.5. The summed E-state index contributed by atoms with van der Waals surface area (Å²) in [7, 11) is -3.42. The first-order valence-electron chi connectivity index (χ1n) is 13.6. The summed E-state index contributed by atoms with van der Waals surface area (Å²) in [6.07, 6.45) is 10.7. The van der Waals surface area contributed by atoms with E-state index in [1.807, 2.05) is 18.5 Å². The third kappa shape index (κ3) is 5.49. The quantitative estimate of drug-likeness (QED) is 0.313. The van der Waals surface area contributed by atoms with Crippen LogP contribution in [0.15, 0.2) is 48.9 Å². The lowest BCUT2D eigenvalue weighted by atomic mass is 9.78. The van der Waals surface area contributed by atoms with E-state index in [2.05, 4.69) is 21.0 Å². The van der Waals surface area contributed by atoms with Crippen LogP contribution in [0.4, 0.5) is 8.78 Å². The number of rotatable bonds is 7. The Morgan fingerprint density at radius 1 is 1.03 bits per heavy atom. The molecule has 7 nitrogen and oxygen atoms in total. The van der Waals surface area contributed by atoms with Gasteiger partial charge in [-0.1, -0.05) is 0 Å². The molecule has 2 aliphatic rings. The molecule has 1 aliphatic carbocycles. The summed E-state index contributed by atoms with van der Waals surface area (Å²) >= 11 is 0. The lowest BCUT2D eigenvalue weighted by Crippen LogP contribution is -2.43. The molecule has 1 N–H and O–H groups in total. The molecule has 6 rings (SSSR count). The van der Waals surface area contributed by atoms with Gasteiger partial charge in [-0.3, -0.25) is 0 Å². The van der Waals surface area contributed by atoms with E-state index in [9.17, 15) is 17.2 Å². The van der Waals surface area contributed by atoms with Crippen molar-refractivity contribution < 1.29 is 21.9 Å². The molecule has 0 spiro atoms. The molecule has 0 bridgehead atoms. The summed E-state index contributed by atoms with van der Waals surface area (Å²) in [5.41, 5.74) is 3.02. The molecule has 4 aromatic rings. The first-order chi connectivity index (χ1) is 18.9. The molecule has 0 radical (unpaired) electrons. The van der Waals surface area contributed by atoms with E-state index in [-0.39, 0.29) is 29.9 Å². The Hall–Kier alpha value is -3.11. The number of sulfonamides is 1. The van der Waals surface area contributed by atoms with E-state index in [1.165, 1.54) is 11.6 Å². The average molecular weight is 555 g/mol. The van der Waals surface area contributed by atoms with Crippen LogP contribution in [-0.2, 0) is 10.0 Å². The van der Waals surface area contributed by atoms with Crippen LogP contribution in [0.2, 0.25) is 0 Å². The van der Waals surface area contributed by atoms with Gasteiger partial charge < -0.3 is 9.72 Å². The Balaban J connectivity index is 1.07. The molecule has 1 atom stereocenters. The molecule has 1 unspecified atom stereocenters. The summed E-state index contributed by atoms with van der Waals surface area (Å²) < 4.78 is 61.0. The Bertz CT molecular complexity index is 1580. The van der Waals surface area contributed by atoms with Gasteiger partial charge in [0.25, 0.3) is 0 Å². The van der Waals surface area contributed by atoms with E-state index in [1.54, 1.807) is 10.5 Å².